The molecular weight excluding hydrogens is 272 g/mol. The number of rotatable bonds is 12. The fraction of sp³-hybridized carbons (Fsp3) is 0.550. The average Bonchev–Trinajstić information content (AvgIpc) is 2.56. The second-order valence-corrected chi connectivity index (χ2v) is 5.85. The molecule has 0 radical (unpaired) electrons. The number of benzene rings is 1. The van der Waals surface area contributed by atoms with Gasteiger partial charge in [-0.15, -0.1) is 6.58 Å². The highest BCUT2D eigenvalue weighted by atomic mass is 16.5. The highest BCUT2D eigenvalue weighted by Crippen LogP contribution is 2.16. The third-order valence-electron chi connectivity index (χ3n) is 3.95. The lowest BCUT2D eigenvalue weighted by Gasteiger charge is -2.11. The van der Waals surface area contributed by atoms with Gasteiger partial charge in [0.05, 0.1) is 12.5 Å². The number of ether oxygens (including phenoxy) is 1. The summed E-state index contributed by atoms with van der Waals surface area (Å²) >= 11 is 0. The molecule has 1 aromatic rings. The van der Waals surface area contributed by atoms with E-state index >= 15 is 0 Å². The van der Waals surface area contributed by atoms with Crippen molar-refractivity contribution in [2.24, 2.45) is 0 Å². The summed E-state index contributed by atoms with van der Waals surface area (Å²) in [6.07, 6.45) is 11.6. The Bertz CT molecular complexity index is 411. The molecule has 2 heteroatoms. The van der Waals surface area contributed by atoms with Crippen LogP contribution in [0.15, 0.2) is 43.0 Å². The lowest BCUT2D eigenvalue weighted by atomic mass is 10.0. The van der Waals surface area contributed by atoms with E-state index in [-0.39, 0.29) is 11.9 Å². The molecule has 0 aliphatic rings. The minimum atomic E-state index is -0.175. The summed E-state index contributed by atoms with van der Waals surface area (Å²) < 4.78 is 5.37. The zero-order valence-corrected chi connectivity index (χ0v) is 13.9. The summed E-state index contributed by atoms with van der Waals surface area (Å²) in [4.78, 5) is 11.9. The Labute approximate surface area is 135 Å². The summed E-state index contributed by atoms with van der Waals surface area (Å²) in [5, 5.41) is 0. The number of allylic oxidation sites excluding steroid dienone is 1. The summed E-state index contributed by atoms with van der Waals surface area (Å²) in [6.45, 7) is 6.18. The van der Waals surface area contributed by atoms with Gasteiger partial charge in [-0.2, -0.15) is 0 Å². The van der Waals surface area contributed by atoms with Crippen LogP contribution in [-0.2, 0) is 9.53 Å². The molecule has 0 heterocycles. The van der Waals surface area contributed by atoms with Gasteiger partial charge in [-0.1, -0.05) is 68.5 Å². The van der Waals surface area contributed by atoms with Crippen LogP contribution in [0.5, 0.6) is 0 Å². The highest BCUT2D eigenvalue weighted by molar-refractivity contribution is 5.77. The van der Waals surface area contributed by atoms with E-state index in [1.807, 2.05) is 43.3 Å². The molecule has 0 fully saturated rings. The van der Waals surface area contributed by atoms with E-state index in [2.05, 4.69) is 6.58 Å². The summed E-state index contributed by atoms with van der Waals surface area (Å²) in [5.74, 6) is -0.290. The predicted molar refractivity (Wildman–Crippen MR) is 92.9 cm³/mol. The van der Waals surface area contributed by atoms with E-state index in [1.54, 1.807) is 0 Å². The lowest BCUT2D eigenvalue weighted by molar-refractivity contribution is -0.145. The van der Waals surface area contributed by atoms with E-state index in [9.17, 15) is 4.79 Å². The number of hydrogen-bond donors (Lipinski definition) is 0. The van der Waals surface area contributed by atoms with Gasteiger partial charge in [-0.05, 0) is 31.7 Å². The number of unbranched alkanes of at least 4 members (excludes halogenated alkanes) is 7. The van der Waals surface area contributed by atoms with Crippen molar-refractivity contribution in [2.75, 3.05) is 6.61 Å². The Morgan fingerprint density at radius 2 is 1.64 bits per heavy atom. The van der Waals surface area contributed by atoms with E-state index in [4.69, 9.17) is 4.74 Å². The van der Waals surface area contributed by atoms with Crippen LogP contribution in [0.3, 0.4) is 0 Å². The number of carbonyl (C=O) groups is 1. The zero-order valence-electron chi connectivity index (χ0n) is 13.9. The number of hydrogen-bond acceptors (Lipinski definition) is 2. The molecule has 2 nitrogen and oxygen atoms in total. The van der Waals surface area contributed by atoms with Crippen molar-refractivity contribution >= 4 is 5.97 Å². The van der Waals surface area contributed by atoms with Gasteiger partial charge in [0.25, 0.3) is 0 Å². The molecule has 1 rings (SSSR count). The van der Waals surface area contributed by atoms with Crippen LogP contribution in [0.2, 0.25) is 0 Å². The van der Waals surface area contributed by atoms with Crippen LogP contribution >= 0.6 is 0 Å². The highest BCUT2D eigenvalue weighted by Gasteiger charge is 2.15. The largest absolute Gasteiger partial charge is 0.465 e. The molecule has 0 saturated carbocycles. The maximum atomic E-state index is 11.9. The van der Waals surface area contributed by atoms with Crippen molar-refractivity contribution < 1.29 is 9.53 Å². The zero-order chi connectivity index (χ0) is 16.0. The van der Waals surface area contributed by atoms with Gasteiger partial charge in [0.2, 0.25) is 0 Å². The average molecular weight is 302 g/mol. The maximum absolute atomic E-state index is 11.9. The minimum absolute atomic E-state index is 0.115. The van der Waals surface area contributed by atoms with E-state index < -0.39 is 0 Å². The predicted octanol–water partition coefficient (Wildman–Crippen LogP) is 5.64. The molecule has 1 atom stereocenters. The Morgan fingerprint density at radius 3 is 2.27 bits per heavy atom. The normalized spacial score (nSPS) is 11.9. The molecule has 1 aromatic carbocycles. The molecule has 0 N–H and O–H groups in total. The first-order chi connectivity index (χ1) is 10.8. The smallest absolute Gasteiger partial charge is 0.313 e. The van der Waals surface area contributed by atoms with Crippen molar-refractivity contribution in [1.82, 2.24) is 0 Å². The molecule has 122 valence electrons. The molecule has 1 unspecified atom stereocenters. The topological polar surface area (TPSA) is 26.3 Å². The van der Waals surface area contributed by atoms with Crippen molar-refractivity contribution in [3.63, 3.8) is 0 Å². The fourth-order valence-electron chi connectivity index (χ4n) is 2.45. The monoisotopic (exact) mass is 302 g/mol. The summed E-state index contributed by atoms with van der Waals surface area (Å²) in [5.41, 5.74) is 1.02. The van der Waals surface area contributed by atoms with Gasteiger partial charge < -0.3 is 4.74 Å². The first-order valence-electron chi connectivity index (χ1n) is 8.58. The van der Waals surface area contributed by atoms with Gasteiger partial charge in [-0.3, -0.25) is 4.79 Å². The lowest BCUT2D eigenvalue weighted by Crippen LogP contribution is -2.13. The summed E-state index contributed by atoms with van der Waals surface area (Å²) in [7, 11) is 0. The van der Waals surface area contributed by atoms with Crippen molar-refractivity contribution in [3.05, 3.63) is 48.6 Å². The Morgan fingerprint density at radius 1 is 1.05 bits per heavy atom. The van der Waals surface area contributed by atoms with Gasteiger partial charge in [0.1, 0.15) is 0 Å². The quantitative estimate of drug-likeness (QED) is 0.284. The van der Waals surface area contributed by atoms with Crippen LogP contribution in [0.25, 0.3) is 0 Å². The SMILES string of the molecule is C=CCCCCCCCCCOC(=O)C(C)c1ccccc1. The summed E-state index contributed by atoms with van der Waals surface area (Å²) in [6, 6.07) is 9.80. The number of esters is 1. The molecule has 0 aliphatic heterocycles. The molecule has 0 spiro atoms. The Hall–Kier alpha value is -1.57. The van der Waals surface area contributed by atoms with Crippen molar-refractivity contribution in [1.29, 1.82) is 0 Å². The van der Waals surface area contributed by atoms with E-state index in [1.165, 1.54) is 32.1 Å². The molecule has 0 saturated heterocycles. The van der Waals surface area contributed by atoms with Gasteiger partial charge in [-0.25, -0.2) is 0 Å². The molecule has 0 bridgehead atoms. The fourth-order valence-corrected chi connectivity index (χ4v) is 2.45. The van der Waals surface area contributed by atoms with E-state index in [0.29, 0.717) is 6.61 Å². The van der Waals surface area contributed by atoms with Crippen LogP contribution in [0.4, 0.5) is 0 Å². The first kappa shape index (κ1) is 18.5. The second kappa shape index (κ2) is 12.0. The molecule has 0 amide bonds. The molecular formula is C20H30O2. The standard InChI is InChI=1S/C20H30O2/c1-3-4-5-6-7-8-9-10-14-17-22-20(21)18(2)19-15-12-11-13-16-19/h3,11-13,15-16,18H,1,4-10,14,17H2,2H3. The van der Waals surface area contributed by atoms with Gasteiger partial charge in [0, 0.05) is 0 Å². The van der Waals surface area contributed by atoms with Crippen molar-refractivity contribution in [2.45, 2.75) is 64.2 Å². The van der Waals surface area contributed by atoms with Crippen LogP contribution in [-0.4, -0.2) is 12.6 Å². The Balaban J connectivity index is 2.00. The van der Waals surface area contributed by atoms with Crippen LogP contribution < -0.4 is 0 Å². The van der Waals surface area contributed by atoms with E-state index in [0.717, 1.165) is 24.8 Å². The van der Waals surface area contributed by atoms with Crippen LogP contribution in [0.1, 0.15) is 69.8 Å². The first-order valence-corrected chi connectivity index (χ1v) is 8.58. The second-order valence-electron chi connectivity index (χ2n) is 5.85. The van der Waals surface area contributed by atoms with Crippen LogP contribution in [0, 0.1) is 0 Å². The molecule has 22 heavy (non-hydrogen) atoms. The van der Waals surface area contributed by atoms with Gasteiger partial charge >= 0.3 is 5.97 Å². The minimum Gasteiger partial charge on any atom is -0.465 e. The van der Waals surface area contributed by atoms with Crippen molar-refractivity contribution in [3.8, 4) is 0 Å². The Kier molecular flexibility index (Phi) is 10.1. The third-order valence-corrected chi connectivity index (χ3v) is 3.95. The maximum Gasteiger partial charge on any atom is 0.313 e. The van der Waals surface area contributed by atoms with Gasteiger partial charge in [0.15, 0.2) is 0 Å². The number of carbonyl (C=O) groups excluding carboxylic acids is 1. The molecule has 0 aliphatic carbocycles. The third kappa shape index (κ3) is 8.02. The molecule has 0 aromatic heterocycles.